The number of hydrazone groups is 1. The van der Waals surface area contributed by atoms with E-state index in [1.54, 1.807) is 5.01 Å². The van der Waals surface area contributed by atoms with E-state index in [0.29, 0.717) is 18.3 Å². The van der Waals surface area contributed by atoms with E-state index < -0.39 is 0 Å². The molecule has 1 fully saturated rings. The standard InChI is InChI=1S/C17H19N5OS/c1-12-18-19-17(22(12)14-7-8-14)24-11-16(23)21-10-9-15(20-21)13-5-3-2-4-6-13/h2-6,14H,7-11H2,1H3. The molecule has 1 aliphatic carbocycles. The molecule has 24 heavy (non-hydrogen) atoms. The van der Waals surface area contributed by atoms with Crippen molar-refractivity contribution in [1.82, 2.24) is 19.8 Å². The average molecular weight is 341 g/mol. The van der Waals surface area contributed by atoms with E-state index in [2.05, 4.69) is 19.9 Å². The smallest absolute Gasteiger partial charge is 0.253 e. The lowest BCUT2D eigenvalue weighted by atomic mass is 10.1. The molecule has 2 aliphatic rings. The summed E-state index contributed by atoms with van der Waals surface area (Å²) in [5.41, 5.74) is 2.07. The maximum atomic E-state index is 12.4. The molecule has 124 valence electrons. The Bertz CT molecular complexity index is 782. The zero-order chi connectivity index (χ0) is 16.5. The van der Waals surface area contributed by atoms with Crippen molar-refractivity contribution in [3.63, 3.8) is 0 Å². The molecule has 4 rings (SSSR count). The van der Waals surface area contributed by atoms with Gasteiger partial charge >= 0.3 is 0 Å². The fraction of sp³-hybridized carbons (Fsp3) is 0.412. The van der Waals surface area contributed by atoms with Gasteiger partial charge in [-0.2, -0.15) is 5.10 Å². The molecule has 0 radical (unpaired) electrons. The van der Waals surface area contributed by atoms with Gasteiger partial charge in [0.2, 0.25) is 0 Å². The van der Waals surface area contributed by atoms with E-state index in [9.17, 15) is 4.79 Å². The lowest BCUT2D eigenvalue weighted by Gasteiger charge is -2.11. The molecule has 0 saturated heterocycles. The summed E-state index contributed by atoms with van der Waals surface area (Å²) in [5.74, 6) is 1.29. The molecule has 1 saturated carbocycles. The maximum Gasteiger partial charge on any atom is 0.253 e. The van der Waals surface area contributed by atoms with Gasteiger partial charge in [-0.05, 0) is 25.3 Å². The lowest BCUT2D eigenvalue weighted by Crippen LogP contribution is -2.25. The van der Waals surface area contributed by atoms with Crippen molar-refractivity contribution in [1.29, 1.82) is 0 Å². The first kappa shape index (κ1) is 15.4. The number of hydrogen-bond acceptors (Lipinski definition) is 5. The van der Waals surface area contributed by atoms with Crippen molar-refractivity contribution in [2.45, 2.75) is 37.4 Å². The Morgan fingerprint density at radius 1 is 1.25 bits per heavy atom. The second kappa shape index (κ2) is 6.39. The highest BCUT2D eigenvalue weighted by Crippen LogP contribution is 2.38. The molecule has 6 nitrogen and oxygen atoms in total. The summed E-state index contributed by atoms with van der Waals surface area (Å²) in [7, 11) is 0. The van der Waals surface area contributed by atoms with E-state index >= 15 is 0 Å². The number of hydrogen-bond donors (Lipinski definition) is 0. The van der Waals surface area contributed by atoms with Crippen LogP contribution < -0.4 is 0 Å². The summed E-state index contributed by atoms with van der Waals surface area (Å²) in [6.07, 6.45) is 3.16. The molecule has 7 heteroatoms. The van der Waals surface area contributed by atoms with Crippen molar-refractivity contribution in [2.75, 3.05) is 12.3 Å². The van der Waals surface area contributed by atoms with Gasteiger partial charge in [-0.15, -0.1) is 10.2 Å². The monoisotopic (exact) mass is 341 g/mol. The number of aryl methyl sites for hydroxylation is 1. The quantitative estimate of drug-likeness (QED) is 0.784. The summed E-state index contributed by atoms with van der Waals surface area (Å²) < 4.78 is 2.15. The Morgan fingerprint density at radius 2 is 2.04 bits per heavy atom. The van der Waals surface area contributed by atoms with Crippen LogP contribution in [0, 0.1) is 6.92 Å². The van der Waals surface area contributed by atoms with Gasteiger partial charge in [0.05, 0.1) is 18.0 Å². The number of carbonyl (C=O) groups excluding carboxylic acids is 1. The molecule has 1 amide bonds. The van der Waals surface area contributed by atoms with E-state index in [0.717, 1.165) is 28.7 Å². The van der Waals surface area contributed by atoms with Crippen LogP contribution in [0.25, 0.3) is 0 Å². The minimum atomic E-state index is 0.0222. The SMILES string of the molecule is Cc1nnc(SCC(=O)N2CCC(c3ccccc3)=N2)n1C1CC1. The topological polar surface area (TPSA) is 63.4 Å². The van der Waals surface area contributed by atoms with E-state index in [1.165, 1.54) is 24.6 Å². The predicted octanol–water partition coefficient (Wildman–Crippen LogP) is 2.65. The van der Waals surface area contributed by atoms with Gasteiger partial charge in [-0.25, -0.2) is 5.01 Å². The molecule has 0 atom stereocenters. The van der Waals surface area contributed by atoms with Crippen molar-refractivity contribution >= 4 is 23.4 Å². The Labute approximate surface area is 144 Å². The second-order valence-electron chi connectivity index (χ2n) is 6.10. The summed E-state index contributed by atoms with van der Waals surface area (Å²) in [5, 5.41) is 15.3. The maximum absolute atomic E-state index is 12.4. The Kier molecular flexibility index (Phi) is 4.10. The second-order valence-corrected chi connectivity index (χ2v) is 7.04. The third kappa shape index (κ3) is 3.08. The van der Waals surface area contributed by atoms with Gasteiger partial charge in [0.25, 0.3) is 5.91 Å². The van der Waals surface area contributed by atoms with E-state index in [-0.39, 0.29) is 5.91 Å². The summed E-state index contributed by atoms with van der Waals surface area (Å²) in [4.78, 5) is 12.4. The molecular weight excluding hydrogens is 322 g/mol. The van der Waals surface area contributed by atoms with Crippen molar-refractivity contribution in [3.8, 4) is 0 Å². The lowest BCUT2D eigenvalue weighted by molar-refractivity contribution is -0.127. The van der Waals surface area contributed by atoms with Gasteiger partial charge in [0, 0.05) is 12.5 Å². The molecule has 1 aromatic carbocycles. The van der Waals surface area contributed by atoms with Crippen LogP contribution in [-0.2, 0) is 4.79 Å². The van der Waals surface area contributed by atoms with Gasteiger partial charge in [-0.3, -0.25) is 4.79 Å². The highest BCUT2D eigenvalue weighted by atomic mass is 32.2. The molecule has 0 spiro atoms. The number of thioether (sulfide) groups is 1. The van der Waals surface area contributed by atoms with Crippen LogP contribution in [-0.4, -0.2) is 43.7 Å². The van der Waals surface area contributed by atoms with Crippen molar-refractivity contribution in [2.24, 2.45) is 5.10 Å². The number of nitrogens with zero attached hydrogens (tertiary/aromatic N) is 5. The first-order valence-electron chi connectivity index (χ1n) is 8.20. The minimum Gasteiger partial charge on any atom is -0.303 e. The molecular formula is C17H19N5OS. The number of benzene rings is 1. The molecule has 2 heterocycles. The largest absolute Gasteiger partial charge is 0.303 e. The van der Waals surface area contributed by atoms with Gasteiger partial charge < -0.3 is 4.57 Å². The average Bonchev–Trinajstić information content (AvgIpc) is 3.19. The summed E-state index contributed by atoms with van der Waals surface area (Å²) in [6, 6.07) is 10.5. The molecule has 0 N–H and O–H groups in total. The Balaban J connectivity index is 1.40. The van der Waals surface area contributed by atoms with Crippen LogP contribution in [0.5, 0.6) is 0 Å². The van der Waals surface area contributed by atoms with E-state index in [4.69, 9.17) is 0 Å². The minimum absolute atomic E-state index is 0.0222. The number of carbonyl (C=O) groups is 1. The van der Waals surface area contributed by atoms with Gasteiger partial charge in [-0.1, -0.05) is 42.1 Å². The third-order valence-corrected chi connectivity index (χ3v) is 5.20. The molecule has 0 unspecified atom stereocenters. The zero-order valence-electron chi connectivity index (χ0n) is 13.6. The number of aromatic nitrogens is 3. The van der Waals surface area contributed by atoms with Crippen LogP contribution in [0.3, 0.4) is 0 Å². The first-order valence-corrected chi connectivity index (χ1v) is 9.18. The fourth-order valence-corrected chi connectivity index (χ4v) is 3.79. The predicted molar refractivity (Wildman–Crippen MR) is 93.1 cm³/mol. The Hall–Kier alpha value is -2.15. The van der Waals surface area contributed by atoms with Gasteiger partial charge in [0.15, 0.2) is 5.16 Å². The Morgan fingerprint density at radius 3 is 2.79 bits per heavy atom. The molecule has 1 aliphatic heterocycles. The molecule has 1 aromatic heterocycles. The summed E-state index contributed by atoms with van der Waals surface area (Å²) >= 11 is 1.46. The third-order valence-electron chi connectivity index (χ3n) is 4.27. The van der Waals surface area contributed by atoms with Crippen molar-refractivity contribution < 1.29 is 4.79 Å². The summed E-state index contributed by atoms with van der Waals surface area (Å²) in [6.45, 7) is 2.62. The van der Waals surface area contributed by atoms with E-state index in [1.807, 2.05) is 37.3 Å². The van der Waals surface area contributed by atoms with Crippen LogP contribution in [0.1, 0.15) is 36.7 Å². The highest BCUT2D eigenvalue weighted by molar-refractivity contribution is 7.99. The van der Waals surface area contributed by atoms with Crippen LogP contribution in [0.15, 0.2) is 40.6 Å². The normalized spacial score (nSPS) is 17.2. The van der Waals surface area contributed by atoms with Crippen molar-refractivity contribution in [3.05, 3.63) is 41.7 Å². The number of amides is 1. The first-order chi connectivity index (χ1) is 11.7. The van der Waals surface area contributed by atoms with Gasteiger partial charge in [0.1, 0.15) is 5.82 Å². The molecule has 2 aromatic rings. The van der Waals surface area contributed by atoms with Crippen LogP contribution in [0.4, 0.5) is 0 Å². The van der Waals surface area contributed by atoms with Crippen LogP contribution in [0.2, 0.25) is 0 Å². The highest BCUT2D eigenvalue weighted by Gasteiger charge is 2.29. The molecule has 0 bridgehead atoms. The zero-order valence-corrected chi connectivity index (χ0v) is 14.4. The van der Waals surface area contributed by atoms with Crippen LogP contribution >= 0.6 is 11.8 Å². The number of rotatable bonds is 5. The fourth-order valence-electron chi connectivity index (χ4n) is 2.87.